The summed E-state index contributed by atoms with van der Waals surface area (Å²) in [6.45, 7) is 0. The molecule has 0 aliphatic heterocycles. The smallest absolute Gasteiger partial charge is 2.00 e. The molecule has 0 fully saturated rings. The summed E-state index contributed by atoms with van der Waals surface area (Å²) >= 11 is 0. The molecule has 0 aromatic rings. The monoisotopic (exact) mass is 244 g/mol. The van der Waals surface area contributed by atoms with Crippen molar-refractivity contribution in [3.05, 3.63) is 0 Å². The van der Waals surface area contributed by atoms with Crippen molar-refractivity contribution >= 4 is 11.0 Å². The summed E-state index contributed by atoms with van der Waals surface area (Å²) in [5, 5.41) is 0. The van der Waals surface area contributed by atoms with Gasteiger partial charge >= 0.3 is 21.1 Å². The SMILES string of the molecule is [O-2].[O-2].[Si].[W+4]. The minimum absolute atomic E-state index is 0. The van der Waals surface area contributed by atoms with E-state index in [4.69, 9.17) is 0 Å². The van der Waals surface area contributed by atoms with E-state index in [9.17, 15) is 0 Å². The molecule has 2 nitrogen and oxygen atoms in total. The fourth-order valence-electron chi connectivity index (χ4n) is 0. The maximum atomic E-state index is 0. The van der Waals surface area contributed by atoms with Gasteiger partial charge < -0.3 is 11.0 Å². The molecule has 0 N–H and O–H groups in total. The van der Waals surface area contributed by atoms with Gasteiger partial charge in [0, 0.05) is 11.0 Å². The van der Waals surface area contributed by atoms with Crippen LogP contribution < -0.4 is 0 Å². The summed E-state index contributed by atoms with van der Waals surface area (Å²) in [6.07, 6.45) is 0. The van der Waals surface area contributed by atoms with Crippen LogP contribution in [0.25, 0.3) is 0 Å². The van der Waals surface area contributed by atoms with Gasteiger partial charge in [-0.1, -0.05) is 0 Å². The topological polar surface area (TPSA) is 57.0 Å². The molecule has 0 aliphatic rings. The first-order chi connectivity index (χ1) is 0. The van der Waals surface area contributed by atoms with Gasteiger partial charge in [0.2, 0.25) is 0 Å². The van der Waals surface area contributed by atoms with Gasteiger partial charge in [-0.15, -0.1) is 0 Å². The average molecular weight is 244 g/mol. The molecule has 0 rings (SSSR count). The Bertz CT molecular complexity index is 6.00. The molecule has 0 saturated carbocycles. The van der Waals surface area contributed by atoms with Gasteiger partial charge in [-0.05, 0) is 0 Å². The summed E-state index contributed by atoms with van der Waals surface area (Å²) in [5.74, 6) is 0. The second-order valence-electron chi connectivity index (χ2n) is 0. The van der Waals surface area contributed by atoms with Crippen LogP contribution in [-0.2, 0) is 32.0 Å². The predicted molar refractivity (Wildman–Crippen MR) is 7.13 cm³/mol. The van der Waals surface area contributed by atoms with Gasteiger partial charge in [0.25, 0.3) is 0 Å². The van der Waals surface area contributed by atoms with Crippen LogP contribution in [0.2, 0.25) is 0 Å². The summed E-state index contributed by atoms with van der Waals surface area (Å²) in [7, 11) is 0. The van der Waals surface area contributed by atoms with Crippen molar-refractivity contribution in [1.82, 2.24) is 0 Å². The normalized spacial score (nSPS) is 0. The van der Waals surface area contributed by atoms with E-state index < -0.39 is 0 Å². The minimum Gasteiger partial charge on any atom is -2.00 e. The first-order valence-electron chi connectivity index (χ1n) is 0. The summed E-state index contributed by atoms with van der Waals surface area (Å²) in [5.41, 5.74) is 0. The van der Waals surface area contributed by atoms with E-state index in [1.165, 1.54) is 0 Å². The first kappa shape index (κ1) is 104. The van der Waals surface area contributed by atoms with Crippen LogP contribution in [0.15, 0.2) is 0 Å². The molecule has 4 heteroatoms. The van der Waals surface area contributed by atoms with Crippen LogP contribution in [0.3, 0.4) is 0 Å². The summed E-state index contributed by atoms with van der Waals surface area (Å²) in [4.78, 5) is 0. The Balaban J connectivity index is 0. The third-order valence-electron chi connectivity index (χ3n) is 0. The molecule has 4 radical (unpaired) electrons. The van der Waals surface area contributed by atoms with Crippen molar-refractivity contribution in [3.63, 3.8) is 0 Å². The number of hydrogen-bond donors (Lipinski definition) is 0. The van der Waals surface area contributed by atoms with Crippen LogP contribution in [-0.4, -0.2) is 11.0 Å². The van der Waals surface area contributed by atoms with Crippen molar-refractivity contribution in [1.29, 1.82) is 0 Å². The van der Waals surface area contributed by atoms with Gasteiger partial charge in [-0.2, -0.15) is 0 Å². The van der Waals surface area contributed by atoms with Crippen LogP contribution in [0, 0.1) is 0 Å². The fourth-order valence-corrected chi connectivity index (χ4v) is 0. The fraction of sp³-hybridized carbons (Fsp3) is 0. The minimum atomic E-state index is 0. The standard InChI is InChI=1S/2O.Si.W/q2*-2;;+4. The molecule has 0 bridgehead atoms. The molecule has 0 saturated heterocycles. The second-order valence-corrected chi connectivity index (χ2v) is 0. The molecular formula is O2SiW. The second kappa shape index (κ2) is 44.8. The molecule has 0 aromatic carbocycles. The Hall–Kier alpha value is 0.825. The van der Waals surface area contributed by atoms with Crippen LogP contribution in [0.4, 0.5) is 0 Å². The van der Waals surface area contributed by atoms with Gasteiger partial charge in [0.1, 0.15) is 0 Å². The first-order valence-corrected chi connectivity index (χ1v) is 0. The molecule has 0 unspecified atom stereocenters. The Morgan fingerprint density at radius 1 is 0.750 bits per heavy atom. The largest absolute Gasteiger partial charge is 4.00 e. The Kier molecular flexibility index (Phi) is 1160. The molecule has 0 aliphatic carbocycles. The van der Waals surface area contributed by atoms with Gasteiger partial charge in [0.05, 0.1) is 0 Å². The average Bonchev–Trinajstić information content (AvgIpc) is 0. The maximum Gasteiger partial charge on any atom is 4.00 e. The molecule has 22 valence electrons. The van der Waals surface area contributed by atoms with Gasteiger partial charge in [-0.25, -0.2) is 0 Å². The summed E-state index contributed by atoms with van der Waals surface area (Å²) in [6, 6.07) is 0. The van der Waals surface area contributed by atoms with Crippen LogP contribution in [0.5, 0.6) is 0 Å². The zero-order valence-electron chi connectivity index (χ0n) is 1.72. The summed E-state index contributed by atoms with van der Waals surface area (Å²) < 4.78 is 0. The molecule has 0 amide bonds. The Labute approximate surface area is 43.5 Å². The van der Waals surface area contributed by atoms with Crippen molar-refractivity contribution in [2.24, 2.45) is 0 Å². The zero-order valence-corrected chi connectivity index (χ0v) is 5.66. The van der Waals surface area contributed by atoms with E-state index >= 15 is 0 Å². The van der Waals surface area contributed by atoms with Gasteiger partial charge in [0.15, 0.2) is 0 Å². The van der Waals surface area contributed by atoms with E-state index in [0.717, 1.165) is 0 Å². The van der Waals surface area contributed by atoms with E-state index in [0.29, 0.717) is 0 Å². The quantitative estimate of drug-likeness (QED) is 0.510. The van der Waals surface area contributed by atoms with Crippen molar-refractivity contribution in [2.45, 2.75) is 0 Å². The van der Waals surface area contributed by atoms with E-state index in [1.54, 1.807) is 0 Å². The third kappa shape index (κ3) is 13.8. The molecule has 0 aromatic heterocycles. The molecule has 0 heterocycles. The van der Waals surface area contributed by atoms with E-state index in [1.807, 2.05) is 0 Å². The predicted octanol–water partition coefficient (Wildman–Crippen LogP) is -0.621. The zero-order chi connectivity index (χ0) is 0. The number of hydrogen-bond acceptors (Lipinski definition) is 0. The Morgan fingerprint density at radius 3 is 0.750 bits per heavy atom. The molecule has 0 atom stereocenters. The van der Waals surface area contributed by atoms with Crippen molar-refractivity contribution in [3.8, 4) is 0 Å². The molecule has 4 heavy (non-hydrogen) atoms. The molecular weight excluding hydrogens is 244 g/mol. The van der Waals surface area contributed by atoms with Crippen molar-refractivity contribution in [2.75, 3.05) is 0 Å². The van der Waals surface area contributed by atoms with E-state index in [2.05, 4.69) is 0 Å². The Morgan fingerprint density at radius 2 is 0.750 bits per heavy atom. The van der Waals surface area contributed by atoms with Crippen LogP contribution >= 0.6 is 0 Å². The van der Waals surface area contributed by atoms with Gasteiger partial charge in [-0.3, -0.25) is 0 Å². The van der Waals surface area contributed by atoms with Crippen molar-refractivity contribution < 1.29 is 32.0 Å². The number of rotatable bonds is 0. The van der Waals surface area contributed by atoms with E-state index in [-0.39, 0.29) is 43.0 Å². The van der Waals surface area contributed by atoms with Crippen LogP contribution in [0.1, 0.15) is 0 Å². The maximum absolute atomic E-state index is 0. The molecule has 0 spiro atoms. The third-order valence-corrected chi connectivity index (χ3v) is 0.